The van der Waals surface area contributed by atoms with Crippen LogP contribution in [0.15, 0.2) is 66.7 Å². The molecule has 0 radical (unpaired) electrons. The summed E-state index contributed by atoms with van der Waals surface area (Å²) in [5, 5.41) is 1.03. The van der Waals surface area contributed by atoms with E-state index < -0.39 is 12.5 Å². The van der Waals surface area contributed by atoms with Crippen LogP contribution in [0.3, 0.4) is 0 Å². The number of benzene rings is 2. The molecule has 0 bridgehead atoms. The van der Waals surface area contributed by atoms with Gasteiger partial charge in [-0.05, 0) is 12.1 Å². The largest absolute Gasteiger partial charge is 0.284 e. The van der Waals surface area contributed by atoms with Crippen LogP contribution in [-0.2, 0) is 6.54 Å². The van der Waals surface area contributed by atoms with Crippen molar-refractivity contribution in [3.63, 3.8) is 0 Å². The van der Waals surface area contributed by atoms with Gasteiger partial charge < -0.3 is 0 Å². The predicted molar refractivity (Wildman–Crippen MR) is 80.0 cm³/mol. The van der Waals surface area contributed by atoms with Crippen molar-refractivity contribution in [2.75, 3.05) is 6.67 Å². The molecule has 0 saturated carbocycles. The summed E-state index contributed by atoms with van der Waals surface area (Å²) < 4.78 is 14.7. The Bertz CT molecular complexity index is 784. The molecule has 104 valence electrons. The number of carbonyl (C=O) groups excluding carboxylic acids is 1. The molecule has 0 aliphatic heterocycles. The maximum absolute atomic E-state index is 12.8. The number of nitrogens with zero attached hydrogens (tertiary/aromatic N) is 1. The molecule has 1 aromatic heterocycles. The van der Waals surface area contributed by atoms with Gasteiger partial charge in [-0.2, -0.15) is 4.57 Å². The number of ketones is 1. The average Bonchev–Trinajstić information content (AvgIpc) is 2.55. The number of aromatic nitrogens is 1. The molecule has 21 heavy (non-hydrogen) atoms. The van der Waals surface area contributed by atoms with Crippen molar-refractivity contribution in [1.82, 2.24) is 0 Å². The van der Waals surface area contributed by atoms with Gasteiger partial charge in [0, 0.05) is 23.1 Å². The van der Waals surface area contributed by atoms with E-state index in [0.29, 0.717) is 12.2 Å². The van der Waals surface area contributed by atoms with Gasteiger partial charge in [0.2, 0.25) is 5.52 Å². The van der Waals surface area contributed by atoms with Gasteiger partial charge >= 0.3 is 0 Å². The van der Waals surface area contributed by atoms with Crippen LogP contribution >= 0.6 is 0 Å². The lowest BCUT2D eigenvalue weighted by Gasteiger charge is -2.06. The minimum Gasteiger partial charge on any atom is -0.284 e. The quantitative estimate of drug-likeness (QED) is 0.530. The van der Waals surface area contributed by atoms with E-state index in [0.717, 1.165) is 16.5 Å². The van der Waals surface area contributed by atoms with E-state index in [1.54, 1.807) is 6.07 Å². The smallest absolute Gasteiger partial charge is 0.257 e. The first-order chi connectivity index (χ1) is 10.3. The van der Waals surface area contributed by atoms with E-state index in [4.69, 9.17) is 0 Å². The number of para-hydroxylation sites is 1. The van der Waals surface area contributed by atoms with Gasteiger partial charge in [0.05, 0.1) is 0 Å². The molecular formula is C18H15FNO+. The van der Waals surface area contributed by atoms with E-state index in [2.05, 4.69) is 0 Å². The molecule has 3 rings (SSSR count). The molecule has 3 aromatic rings. The summed E-state index contributed by atoms with van der Waals surface area (Å²) in [5.41, 5.74) is 2.41. The Kier molecular flexibility index (Phi) is 3.73. The molecule has 2 nitrogen and oxygen atoms in total. The fourth-order valence-electron chi connectivity index (χ4n) is 2.51. The Morgan fingerprint density at radius 1 is 0.905 bits per heavy atom. The lowest BCUT2D eigenvalue weighted by molar-refractivity contribution is -0.664. The van der Waals surface area contributed by atoms with Gasteiger partial charge in [-0.25, -0.2) is 4.39 Å². The molecule has 0 saturated heterocycles. The van der Waals surface area contributed by atoms with Crippen LogP contribution in [0.5, 0.6) is 0 Å². The Balaban J connectivity index is 2.18. The van der Waals surface area contributed by atoms with Crippen molar-refractivity contribution in [1.29, 1.82) is 0 Å². The number of hydrogen-bond acceptors (Lipinski definition) is 1. The zero-order valence-corrected chi connectivity index (χ0v) is 11.5. The summed E-state index contributed by atoms with van der Waals surface area (Å²) in [6.45, 7) is -0.434. The highest BCUT2D eigenvalue weighted by Crippen LogP contribution is 2.12. The summed E-state index contributed by atoms with van der Waals surface area (Å²) in [5.74, 6) is -0.489. The average molecular weight is 280 g/mol. The van der Waals surface area contributed by atoms with E-state index in [9.17, 15) is 9.18 Å². The van der Waals surface area contributed by atoms with Crippen molar-refractivity contribution in [2.24, 2.45) is 0 Å². The molecular weight excluding hydrogens is 265 g/mol. The number of pyridine rings is 1. The summed E-state index contributed by atoms with van der Waals surface area (Å²) in [4.78, 5) is 11.9. The first kappa shape index (κ1) is 13.4. The molecule has 1 heterocycles. The Morgan fingerprint density at radius 2 is 1.62 bits per heavy atom. The Morgan fingerprint density at radius 3 is 2.38 bits per heavy atom. The zero-order valence-electron chi connectivity index (χ0n) is 11.5. The third-order valence-electron chi connectivity index (χ3n) is 3.53. The highest BCUT2D eigenvalue weighted by Gasteiger charge is 2.22. The fourth-order valence-corrected chi connectivity index (χ4v) is 2.51. The second-order valence-corrected chi connectivity index (χ2v) is 4.91. The van der Waals surface area contributed by atoms with Gasteiger partial charge in [0.15, 0.2) is 13.2 Å². The van der Waals surface area contributed by atoms with E-state index in [1.165, 1.54) is 0 Å². The van der Waals surface area contributed by atoms with Gasteiger partial charge in [-0.3, -0.25) is 4.79 Å². The minimum atomic E-state index is -0.979. The van der Waals surface area contributed by atoms with Crippen molar-refractivity contribution < 1.29 is 13.8 Å². The zero-order chi connectivity index (χ0) is 14.7. The lowest BCUT2D eigenvalue weighted by Crippen LogP contribution is -2.42. The van der Waals surface area contributed by atoms with Crippen LogP contribution in [0.25, 0.3) is 10.9 Å². The minimum absolute atomic E-state index is 0.403. The number of rotatable bonds is 4. The third kappa shape index (κ3) is 2.68. The topological polar surface area (TPSA) is 20.9 Å². The predicted octanol–water partition coefficient (Wildman–Crippen LogP) is 3.33. The molecule has 0 N–H and O–H groups in total. The molecule has 2 aromatic carbocycles. The molecule has 0 fully saturated rings. The van der Waals surface area contributed by atoms with Gasteiger partial charge in [-0.15, -0.1) is 0 Å². The van der Waals surface area contributed by atoms with Crippen molar-refractivity contribution >= 4 is 16.7 Å². The van der Waals surface area contributed by atoms with Gasteiger partial charge in [-0.1, -0.05) is 42.5 Å². The maximum Gasteiger partial charge on any atom is 0.257 e. The first-order valence-electron chi connectivity index (χ1n) is 6.84. The van der Waals surface area contributed by atoms with Gasteiger partial charge in [0.25, 0.3) is 11.5 Å². The molecule has 0 atom stereocenters. The number of Topliss-reactive ketones (excluding diaryl/α,β-unsaturated/α-hetero) is 1. The van der Waals surface area contributed by atoms with Crippen molar-refractivity contribution in [2.45, 2.75) is 6.54 Å². The Labute approximate surface area is 122 Å². The van der Waals surface area contributed by atoms with Crippen LogP contribution in [0.2, 0.25) is 0 Å². The van der Waals surface area contributed by atoms with E-state index in [1.807, 2.05) is 65.2 Å². The van der Waals surface area contributed by atoms with Crippen LogP contribution < -0.4 is 4.57 Å². The molecule has 0 unspecified atom stereocenters. The standard InChI is InChI=1S/C18H15FNO/c19-12-18(21)17-11-10-15-8-4-5-9-16(15)20(17)13-14-6-2-1-3-7-14/h1-11H,12-13H2/q+1. The number of halogens is 1. The third-order valence-corrected chi connectivity index (χ3v) is 3.53. The van der Waals surface area contributed by atoms with Crippen LogP contribution in [0.1, 0.15) is 16.1 Å². The Hall–Kier alpha value is -2.55. The molecule has 0 spiro atoms. The van der Waals surface area contributed by atoms with Crippen LogP contribution in [0.4, 0.5) is 4.39 Å². The number of fused-ring (bicyclic) bond motifs is 1. The van der Waals surface area contributed by atoms with Crippen LogP contribution in [0, 0.1) is 0 Å². The summed E-state index contributed by atoms with van der Waals surface area (Å²) >= 11 is 0. The van der Waals surface area contributed by atoms with Crippen LogP contribution in [-0.4, -0.2) is 12.5 Å². The highest BCUT2D eigenvalue weighted by molar-refractivity contribution is 5.95. The normalized spacial score (nSPS) is 10.7. The summed E-state index contributed by atoms with van der Waals surface area (Å²) in [6.07, 6.45) is 0. The number of alkyl halides is 1. The van der Waals surface area contributed by atoms with Crippen molar-refractivity contribution in [3.05, 3.63) is 78.0 Å². The van der Waals surface area contributed by atoms with E-state index >= 15 is 0 Å². The highest BCUT2D eigenvalue weighted by atomic mass is 19.1. The second-order valence-electron chi connectivity index (χ2n) is 4.91. The number of carbonyl (C=O) groups is 1. The molecule has 0 amide bonds. The van der Waals surface area contributed by atoms with Gasteiger partial charge in [0.1, 0.15) is 0 Å². The van der Waals surface area contributed by atoms with E-state index in [-0.39, 0.29) is 0 Å². The maximum atomic E-state index is 12.8. The molecule has 0 aliphatic rings. The first-order valence-corrected chi connectivity index (χ1v) is 6.84. The SMILES string of the molecule is O=C(CF)c1ccc2ccccc2[n+]1Cc1ccccc1. The second kappa shape index (κ2) is 5.83. The lowest BCUT2D eigenvalue weighted by atomic mass is 10.1. The summed E-state index contributed by atoms with van der Waals surface area (Å²) in [7, 11) is 0. The fraction of sp³-hybridized carbons (Fsp3) is 0.111. The summed E-state index contributed by atoms with van der Waals surface area (Å²) in [6, 6.07) is 21.2. The molecule has 0 aliphatic carbocycles. The molecule has 3 heteroatoms. The monoisotopic (exact) mass is 280 g/mol. The number of hydrogen-bond donors (Lipinski definition) is 0. The van der Waals surface area contributed by atoms with Crippen molar-refractivity contribution in [3.8, 4) is 0 Å².